The molecule has 0 radical (unpaired) electrons. The van der Waals surface area contributed by atoms with Gasteiger partial charge in [-0.3, -0.25) is 0 Å². The molecule has 2 aromatic rings. The number of thioether (sulfide) groups is 2. The Kier molecular flexibility index (Phi) is 19.2. The Morgan fingerprint density at radius 3 is 1.42 bits per heavy atom. The molecule has 1 aliphatic carbocycles. The number of carbonyl (C=O) groups is 4. The van der Waals surface area contributed by atoms with Gasteiger partial charge >= 0.3 is 23.9 Å². The van der Waals surface area contributed by atoms with E-state index in [0.29, 0.717) is 24.7 Å². The highest BCUT2D eigenvalue weighted by Crippen LogP contribution is 2.45. The summed E-state index contributed by atoms with van der Waals surface area (Å²) in [5.74, 6) is -1.33. The highest BCUT2D eigenvalue weighted by atomic mass is 32.2. The minimum atomic E-state index is -1.25. The van der Waals surface area contributed by atoms with Gasteiger partial charge in [0.1, 0.15) is 24.7 Å². The first-order chi connectivity index (χ1) is 25.1. The Hall–Kier alpha value is -3.98. The molecule has 52 heavy (non-hydrogen) atoms. The van der Waals surface area contributed by atoms with Crippen molar-refractivity contribution in [1.82, 2.24) is 0 Å². The first kappa shape index (κ1) is 42.4. The van der Waals surface area contributed by atoms with E-state index in [1.54, 1.807) is 23.5 Å². The second-order valence-electron chi connectivity index (χ2n) is 11.9. The molecule has 1 fully saturated rings. The number of aliphatic carboxylic acids is 2. The molecule has 1 saturated carbocycles. The molecule has 2 atom stereocenters. The molecule has 0 heterocycles. The summed E-state index contributed by atoms with van der Waals surface area (Å²) >= 11 is 3.26. The molecule has 0 aromatic heterocycles. The molecule has 0 aliphatic heterocycles. The number of carboxylic acid groups (broad SMARTS) is 2. The summed E-state index contributed by atoms with van der Waals surface area (Å²) in [6.07, 6.45) is 10.9. The van der Waals surface area contributed by atoms with Crippen molar-refractivity contribution in [3.63, 3.8) is 0 Å². The van der Waals surface area contributed by atoms with E-state index in [2.05, 4.69) is 24.3 Å². The molecule has 14 heteroatoms. The van der Waals surface area contributed by atoms with Crippen molar-refractivity contribution >= 4 is 47.4 Å². The number of esters is 2. The van der Waals surface area contributed by atoms with Crippen LogP contribution in [-0.2, 0) is 43.5 Å². The average Bonchev–Trinajstić information content (AvgIpc) is 3.15. The lowest BCUT2D eigenvalue weighted by Gasteiger charge is -2.39. The molecule has 0 saturated heterocycles. The normalized spacial score (nSPS) is 15.2. The summed E-state index contributed by atoms with van der Waals surface area (Å²) in [7, 11) is 0. The van der Waals surface area contributed by atoms with Gasteiger partial charge in [0.15, 0.2) is 12.2 Å². The maximum atomic E-state index is 12.1. The standard InChI is InChI=1S/C38H48O12S2.H2/c1-51-22-20-45-24-32(49-36(43)16-14-34(39)40)26-47-30-10-6-28(7-11-30)38(18-4-3-5-19-38)29-8-12-31(13-9-29)48-27-33(25-46-21-23-52-2)50-37(44)17-15-35(41)42;/h6-17,32-33H,3-5,18-27H2,1-2H3,(H,39,40)(H,41,42);1H/b16-14-,17-15-;. The zero-order chi connectivity index (χ0) is 37.6. The maximum Gasteiger partial charge on any atom is 0.331 e. The van der Waals surface area contributed by atoms with Crippen LogP contribution >= 0.6 is 23.5 Å². The monoisotopic (exact) mass is 762 g/mol. The predicted octanol–water partition coefficient (Wildman–Crippen LogP) is 5.80. The van der Waals surface area contributed by atoms with Gasteiger partial charge in [0.2, 0.25) is 0 Å². The predicted molar refractivity (Wildman–Crippen MR) is 202 cm³/mol. The fourth-order valence-corrected chi connectivity index (χ4v) is 6.22. The van der Waals surface area contributed by atoms with E-state index in [4.69, 9.17) is 38.6 Å². The van der Waals surface area contributed by atoms with Gasteiger partial charge in [0.25, 0.3) is 0 Å². The van der Waals surface area contributed by atoms with E-state index in [1.807, 2.05) is 36.8 Å². The molecular formula is C38H50O12S2. The molecule has 2 aromatic carbocycles. The number of carbonyl (C=O) groups excluding carboxylic acids is 2. The van der Waals surface area contributed by atoms with Crippen LogP contribution in [0.2, 0.25) is 0 Å². The summed E-state index contributed by atoms with van der Waals surface area (Å²) in [5.41, 5.74) is 2.09. The Balaban J connectivity index is 0.00000972. The van der Waals surface area contributed by atoms with E-state index in [9.17, 15) is 19.2 Å². The molecule has 0 spiro atoms. The molecule has 0 amide bonds. The smallest absolute Gasteiger partial charge is 0.331 e. The summed E-state index contributed by atoms with van der Waals surface area (Å²) in [4.78, 5) is 45.8. The minimum absolute atomic E-state index is 0. The van der Waals surface area contributed by atoms with Crippen molar-refractivity contribution in [2.75, 3.05) is 63.7 Å². The molecule has 2 N–H and O–H groups in total. The van der Waals surface area contributed by atoms with E-state index >= 15 is 0 Å². The Bertz CT molecular complexity index is 1360. The Morgan fingerprint density at radius 2 is 1.06 bits per heavy atom. The van der Waals surface area contributed by atoms with Crippen LogP contribution < -0.4 is 9.47 Å². The van der Waals surface area contributed by atoms with E-state index in [0.717, 1.165) is 79.0 Å². The zero-order valence-corrected chi connectivity index (χ0v) is 31.2. The van der Waals surface area contributed by atoms with Gasteiger partial charge in [-0.2, -0.15) is 23.5 Å². The molecule has 12 nitrogen and oxygen atoms in total. The van der Waals surface area contributed by atoms with Crippen molar-refractivity contribution in [3.8, 4) is 11.5 Å². The lowest BCUT2D eigenvalue weighted by atomic mass is 9.65. The number of carboxylic acids is 2. The largest absolute Gasteiger partial charge is 0.490 e. The molecule has 0 bridgehead atoms. The van der Waals surface area contributed by atoms with Crippen LogP contribution in [0.5, 0.6) is 11.5 Å². The number of rotatable bonds is 24. The van der Waals surface area contributed by atoms with E-state index in [1.165, 1.54) is 0 Å². The number of hydrogen-bond donors (Lipinski definition) is 2. The topological polar surface area (TPSA) is 164 Å². The number of hydrogen-bond acceptors (Lipinski definition) is 12. The third-order valence-corrected chi connectivity index (χ3v) is 9.30. The third kappa shape index (κ3) is 15.3. The Morgan fingerprint density at radius 1 is 0.654 bits per heavy atom. The van der Waals surface area contributed by atoms with Gasteiger partial charge in [-0.05, 0) is 60.7 Å². The van der Waals surface area contributed by atoms with Crippen molar-refractivity contribution in [2.45, 2.75) is 49.7 Å². The van der Waals surface area contributed by atoms with Crippen LogP contribution in [0.3, 0.4) is 0 Å². The van der Waals surface area contributed by atoms with Gasteiger partial charge < -0.3 is 38.6 Å². The summed E-state index contributed by atoms with van der Waals surface area (Å²) < 4.78 is 34.0. The van der Waals surface area contributed by atoms with Crippen molar-refractivity contribution in [1.29, 1.82) is 0 Å². The number of benzene rings is 2. The molecule has 286 valence electrons. The van der Waals surface area contributed by atoms with Crippen LogP contribution in [0.1, 0.15) is 44.7 Å². The summed E-state index contributed by atoms with van der Waals surface area (Å²) in [6, 6.07) is 15.8. The van der Waals surface area contributed by atoms with Gasteiger partial charge in [-0.15, -0.1) is 0 Å². The van der Waals surface area contributed by atoms with E-state index < -0.39 is 36.1 Å². The third-order valence-electron chi connectivity index (χ3n) is 8.15. The molecule has 3 rings (SSSR count). The van der Waals surface area contributed by atoms with Gasteiger partial charge in [0.05, 0.1) is 26.4 Å². The lowest BCUT2D eigenvalue weighted by Crippen LogP contribution is -2.31. The second kappa shape index (κ2) is 23.6. The first-order valence-corrected chi connectivity index (χ1v) is 19.8. The highest BCUT2D eigenvalue weighted by Gasteiger charge is 2.35. The van der Waals surface area contributed by atoms with Crippen molar-refractivity contribution < 1.29 is 59.2 Å². The minimum Gasteiger partial charge on any atom is -0.490 e. The molecule has 2 unspecified atom stereocenters. The van der Waals surface area contributed by atoms with Crippen LogP contribution in [0.4, 0.5) is 0 Å². The SMILES string of the molecule is CSCCOCC(COc1ccc(C2(c3ccc(OCC(COCCSC)OC(=O)/C=C\C(=O)O)cc3)CCCCC2)cc1)OC(=O)/C=C\C(=O)O.[HH]. The highest BCUT2D eigenvalue weighted by molar-refractivity contribution is 7.98. The number of ether oxygens (including phenoxy) is 6. The van der Waals surface area contributed by atoms with Crippen LogP contribution in [0.15, 0.2) is 72.8 Å². The maximum absolute atomic E-state index is 12.1. The van der Waals surface area contributed by atoms with Crippen molar-refractivity contribution in [2.24, 2.45) is 0 Å². The summed E-state index contributed by atoms with van der Waals surface area (Å²) in [6.45, 7) is 1.22. The van der Waals surface area contributed by atoms with Gasteiger partial charge in [-0.25, -0.2) is 19.2 Å². The lowest BCUT2D eigenvalue weighted by molar-refractivity contribution is -0.148. The quantitative estimate of drug-likeness (QED) is 0.0749. The van der Waals surface area contributed by atoms with Crippen LogP contribution in [-0.4, -0.2) is 110 Å². The fraction of sp³-hybridized carbons (Fsp3) is 0.474. The van der Waals surface area contributed by atoms with E-state index in [-0.39, 0.29) is 33.3 Å². The van der Waals surface area contributed by atoms with Crippen LogP contribution in [0.25, 0.3) is 0 Å². The average molecular weight is 763 g/mol. The molecule has 1 aliphatic rings. The van der Waals surface area contributed by atoms with Crippen LogP contribution in [0, 0.1) is 0 Å². The Labute approximate surface area is 314 Å². The fourth-order valence-electron chi connectivity index (χ4n) is 5.65. The van der Waals surface area contributed by atoms with Gasteiger partial charge in [-0.1, -0.05) is 43.5 Å². The first-order valence-electron chi connectivity index (χ1n) is 17.0. The second-order valence-corrected chi connectivity index (χ2v) is 13.9. The summed E-state index contributed by atoms with van der Waals surface area (Å²) in [5, 5.41) is 17.6. The zero-order valence-electron chi connectivity index (χ0n) is 29.6. The molecular weight excluding hydrogens is 713 g/mol. The van der Waals surface area contributed by atoms with Gasteiger partial charge in [0, 0.05) is 42.7 Å². The van der Waals surface area contributed by atoms with Crippen molar-refractivity contribution in [3.05, 3.63) is 84.0 Å².